The first-order valence-corrected chi connectivity index (χ1v) is 6.68. The summed E-state index contributed by atoms with van der Waals surface area (Å²) in [7, 11) is 0. The van der Waals surface area contributed by atoms with E-state index in [1.54, 1.807) is 12.4 Å². The van der Waals surface area contributed by atoms with E-state index in [1.165, 1.54) is 11.3 Å². The van der Waals surface area contributed by atoms with E-state index < -0.39 is 6.10 Å². The van der Waals surface area contributed by atoms with E-state index in [0.29, 0.717) is 15.7 Å². The number of nitrogens with two attached hydrogens (primary N) is 1. The molecule has 0 aliphatic heterocycles. The van der Waals surface area contributed by atoms with Crippen LogP contribution in [0, 0.1) is 0 Å². The van der Waals surface area contributed by atoms with Gasteiger partial charge in [-0.1, -0.05) is 11.3 Å². The van der Waals surface area contributed by atoms with Crippen LogP contribution in [0.15, 0.2) is 27.4 Å². The Kier molecular flexibility index (Phi) is 3.58. The molecule has 0 saturated carbocycles. The predicted octanol–water partition coefficient (Wildman–Crippen LogP) is 2.73. The molecule has 3 N–H and O–H groups in total. The number of hydrogen-bond acceptors (Lipinski definition) is 5. The Balaban J connectivity index is 2.37. The Morgan fingerprint density at radius 2 is 2.06 bits per heavy atom. The molecule has 16 heavy (non-hydrogen) atoms. The summed E-state index contributed by atoms with van der Waals surface area (Å²) in [6.45, 7) is 0. The minimum Gasteiger partial charge on any atom is -0.381 e. The van der Waals surface area contributed by atoms with Crippen molar-refractivity contribution in [3.63, 3.8) is 0 Å². The number of hydrogen-bond donors (Lipinski definition) is 2. The average Bonchev–Trinajstić information content (AvgIpc) is 2.64. The maximum absolute atomic E-state index is 10.1. The summed E-state index contributed by atoms with van der Waals surface area (Å²) in [5.74, 6) is 0. The molecule has 4 nitrogen and oxygen atoms in total. The second-order valence-electron chi connectivity index (χ2n) is 3.02. The zero-order valence-electron chi connectivity index (χ0n) is 7.89. The van der Waals surface area contributed by atoms with Crippen LogP contribution in [0.25, 0.3) is 0 Å². The van der Waals surface area contributed by atoms with Crippen molar-refractivity contribution in [3.8, 4) is 0 Å². The standard InChI is InChI=1S/C9H7Br2N3OS/c10-4-1-5(11)7(13-2-4)8(15)6-3-14-9(12)16-6/h1-3,8,15H,(H2,12,14). The lowest BCUT2D eigenvalue weighted by atomic mass is 10.2. The lowest BCUT2D eigenvalue weighted by molar-refractivity contribution is 0.218. The van der Waals surface area contributed by atoms with Gasteiger partial charge in [-0.15, -0.1) is 0 Å². The van der Waals surface area contributed by atoms with Crippen LogP contribution in [0.3, 0.4) is 0 Å². The van der Waals surface area contributed by atoms with Crippen LogP contribution in [0.1, 0.15) is 16.7 Å². The van der Waals surface area contributed by atoms with Gasteiger partial charge < -0.3 is 10.8 Å². The molecule has 0 saturated heterocycles. The van der Waals surface area contributed by atoms with Gasteiger partial charge in [-0.2, -0.15) is 0 Å². The van der Waals surface area contributed by atoms with E-state index in [1.807, 2.05) is 6.07 Å². The molecule has 0 spiro atoms. The quantitative estimate of drug-likeness (QED) is 0.859. The van der Waals surface area contributed by atoms with Crippen LogP contribution >= 0.6 is 43.2 Å². The van der Waals surface area contributed by atoms with Gasteiger partial charge in [-0.25, -0.2) is 4.98 Å². The third-order valence-corrected chi connectivity index (χ3v) is 3.85. The molecule has 0 radical (unpaired) electrons. The highest BCUT2D eigenvalue weighted by molar-refractivity contribution is 9.11. The SMILES string of the molecule is Nc1ncc(C(O)c2ncc(Br)cc2Br)s1. The highest BCUT2D eigenvalue weighted by atomic mass is 79.9. The molecule has 0 aromatic carbocycles. The first kappa shape index (κ1) is 12.0. The number of anilines is 1. The number of aliphatic hydroxyl groups excluding tert-OH is 1. The third-order valence-electron chi connectivity index (χ3n) is 1.91. The van der Waals surface area contributed by atoms with Gasteiger partial charge in [0.2, 0.25) is 0 Å². The topological polar surface area (TPSA) is 72.0 Å². The van der Waals surface area contributed by atoms with Gasteiger partial charge in [0, 0.05) is 21.3 Å². The number of pyridine rings is 1. The number of nitrogen functional groups attached to an aromatic ring is 1. The van der Waals surface area contributed by atoms with Crippen LogP contribution in [0.5, 0.6) is 0 Å². The molecule has 0 amide bonds. The largest absolute Gasteiger partial charge is 0.381 e. The predicted molar refractivity (Wildman–Crippen MR) is 70.2 cm³/mol. The Hall–Kier alpha value is -0.500. The average molecular weight is 365 g/mol. The monoisotopic (exact) mass is 363 g/mol. The van der Waals surface area contributed by atoms with Gasteiger partial charge in [-0.05, 0) is 37.9 Å². The van der Waals surface area contributed by atoms with Crippen molar-refractivity contribution in [1.82, 2.24) is 9.97 Å². The molecule has 0 aliphatic rings. The maximum Gasteiger partial charge on any atom is 0.180 e. The molecule has 84 valence electrons. The van der Waals surface area contributed by atoms with Crippen molar-refractivity contribution in [2.45, 2.75) is 6.10 Å². The fourth-order valence-corrected chi connectivity index (χ4v) is 3.07. The summed E-state index contributed by atoms with van der Waals surface area (Å²) in [4.78, 5) is 8.73. The number of rotatable bonds is 2. The van der Waals surface area contributed by atoms with Gasteiger partial charge in [0.1, 0.15) is 6.10 Å². The zero-order chi connectivity index (χ0) is 11.7. The number of thiazole rings is 1. The molecule has 0 aliphatic carbocycles. The summed E-state index contributed by atoms with van der Waals surface area (Å²) < 4.78 is 1.58. The number of halogens is 2. The van der Waals surface area contributed by atoms with Crippen LogP contribution in [0.2, 0.25) is 0 Å². The van der Waals surface area contributed by atoms with E-state index in [-0.39, 0.29) is 0 Å². The molecular weight excluding hydrogens is 358 g/mol. The van der Waals surface area contributed by atoms with Gasteiger partial charge in [0.25, 0.3) is 0 Å². The summed E-state index contributed by atoms with van der Waals surface area (Å²) in [5, 5.41) is 10.5. The van der Waals surface area contributed by atoms with Gasteiger partial charge >= 0.3 is 0 Å². The Morgan fingerprint density at radius 3 is 2.62 bits per heavy atom. The van der Waals surface area contributed by atoms with Gasteiger partial charge in [0.15, 0.2) is 5.13 Å². The van der Waals surface area contributed by atoms with E-state index in [0.717, 1.165) is 8.95 Å². The highest BCUT2D eigenvalue weighted by Crippen LogP contribution is 2.31. The van der Waals surface area contributed by atoms with Crippen LogP contribution < -0.4 is 5.73 Å². The molecule has 1 unspecified atom stereocenters. The summed E-state index contributed by atoms with van der Waals surface area (Å²) >= 11 is 7.90. The maximum atomic E-state index is 10.1. The Morgan fingerprint density at radius 1 is 1.31 bits per heavy atom. The summed E-state index contributed by atoms with van der Waals surface area (Å²) in [6, 6.07) is 1.83. The van der Waals surface area contributed by atoms with E-state index >= 15 is 0 Å². The van der Waals surface area contributed by atoms with Crippen molar-refractivity contribution in [2.24, 2.45) is 0 Å². The molecular formula is C9H7Br2N3OS. The normalized spacial score (nSPS) is 12.7. The van der Waals surface area contributed by atoms with Crippen molar-refractivity contribution in [1.29, 1.82) is 0 Å². The van der Waals surface area contributed by atoms with Crippen LogP contribution in [0.4, 0.5) is 5.13 Å². The Bertz CT molecular complexity index is 517. The smallest absolute Gasteiger partial charge is 0.180 e. The number of aliphatic hydroxyl groups is 1. The van der Waals surface area contributed by atoms with Crippen LogP contribution in [-0.2, 0) is 0 Å². The first-order valence-electron chi connectivity index (χ1n) is 4.28. The molecule has 2 aromatic rings. The second-order valence-corrected chi connectivity index (χ2v) is 5.89. The molecule has 2 heterocycles. The lowest BCUT2D eigenvalue weighted by Gasteiger charge is -2.09. The lowest BCUT2D eigenvalue weighted by Crippen LogP contribution is -2.01. The van der Waals surface area contributed by atoms with Crippen molar-refractivity contribution in [2.75, 3.05) is 5.73 Å². The summed E-state index contributed by atoms with van der Waals surface area (Å²) in [6.07, 6.45) is 2.38. The summed E-state index contributed by atoms with van der Waals surface area (Å²) in [5.41, 5.74) is 6.06. The zero-order valence-corrected chi connectivity index (χ0v) is 11.9. The molecule has 1 atom stereocenters. The fourth-order valence-electron chi connectivity index (χ4n) is 1.19. The van der Waals surface area contributed by atoms with E-state index in [4.69, 9.17) is 5.73 Å². The number of aromatic nitrogens is 2. The van der Waals surface area contributed by atoms with E-state index in [2.05, 4.69) is 41.8 Å². The van der Waals surface area contributed by atoms with Crippen molar-refractivity contribution in [3.05, 3.63) is 38.0 Å². The number of nitrogens with zero attached hydrogens (tertiary/aromatic N) is 2. The van der Waals surface area contributed by atoms with Gasteiger partial charge in [0.05, 0.1) is 10.6 Å². The molecule has 0 fully saturated rings. The minimum atomic E-state index is -0.808. The molecule has 2 aromatic heterocycles. The van der Waals surface area contributed by atoms with Crippen molar-refractivity contribution < 1.29 is 5.11 Å². The second kappa shape index (κ2) is 4.79. The fraction of sp³-hybridized carbons (Fsp3) is 0.111. The molecule has 0 bridgehead atoms. The first-order chi connectivity index (χ1) is 7.58. The van der Waals surface area contributed by atoms with Gasteiger partial charge in [-0.3, -0.25) is 4.98 Å². The third kappa shape index (κ3) is 2.42. The van der Waals surface area contributed by atoms with Crippen molar-refractivity contribution >= 4 is 48.3 Å². The minimum absolute atomic E-state index is 0.433. The molecule has 7 heteroatoms. The Labute approximate surface area is 113 Å². The van der Waals surface area contributed by atoms with E-state index in [9.17, 15) is 5.11 Å². The van der Waals surface area contributed by atoms with Crippen LogP contribution in [-0.4, -0.2) is 15.1 Å². The highest BCUT2D eigenvalue weighted by Gasteiger charge is 2.17. The molecule has 2 rings (SSSR count).